The molecule has 0 bridgehead atoms. The molecule has 0 spiro atoms. The van der Waals surface area contributed by atoms with Gasteiger partial charge in [0, 0.05) is 12.8 Å². The van der Waals surface area contributed by atoms with E-state index in [0.29, 0.717) is 5.25 Å². The summed E-state index contributed by atoms with van der Waals surface area (Å²) in [7, 11) is 0. The number of hydrogen-bond acceptors (Lipinski definition) is 2. The van der Waals surface area contributed by atoms with Gasteiger partial charge in [0.2, 0.25) is 0 Å². The smallest absolute Gasteiger partial charge is 0.152 e. The van der Waals surface area contributed by atoms with Crippen LogP contribution in [0.15, 0.2) is 35.2 Å². The normalized spacial score (nSPS) is 20.6. The number of hydrogen-bond donors (Lipinski definition) is 1. The molecule has 76 valence electrons. The highest BCUT2D eigenvalue weighted by Crippen LogP contribution is 2.21. The van der Waals surface area contributed by atoms with Crippen molar-refractivity contribution >= 4 is 11.2 Å². The second-order valence-electron chi connectivity index (χ2n) is 3.56. The van der Waals surface area contributed by atoms with Crippen LogP contribution in [0.2, 0.25) is 0 Å². The van der Waals surface area contributed by atoms with Crippen molar-refractivity contribution in [2.45, 2.75) is 23.0 Å². The van der Waals surface area contributed by atoms with E-state index in [9.17, 15) is 4.55 Å². The molecule has 0 saturated carbocycles. The minimum absolute atomic E-state index is 0.346. The lowest BCUT2D eigenvalue weighted by molar-refractivity contribution is 0.496. The van der Waals surface area contributed by atoms with Crippen LogP contribution in [0, 0.1) is 0 Å². The Balaban J connectivity index is 2.03. The first-order chi connectivity index (χ1) is 6.88. The third-order valence-corrected chi connectivity index (χ3v) is 4.38. The van der Waals surface area contributed by atoms with E-state index in [1.54, 1.807) is 0 Å². The van der Waals surface area contributed by atoms with Gasteiger partial charge in [-0.25, -0.2) is 0 Å². The van der Waals surface area contributed by atoms with Crippen molar-refractivity contribution in [1.82, 2.24) is 5.32 Å². The summed E-state index contributed by atoms with van der Waals surface area (Å²) in [5.41, 5.74) is 0. The van der Waals surface area contributed by atoms with Crippen molar-refractivity contribution in [3.05, 3.63) is 30.3 Å². The maximum atomic E-state index is 12.1. The maximum Gasteiger partial charge on any atom is 0.152 e. The van der Waals surface area contributed by atoms with Crippen LogP contribution in [0.25, 0.3) is 0 Å². The van der Waals surface area contributed by atoms with Crippen molar-refractivity contribution < 1.29 is 4.55 Å². The molecule has 1 N–H and O–H groups in total. The van der Waals surface area contributed by atoms with E-state index in [0.717, 1.165) is 30.8 Å². The van der Waals surface area contributed by atoms with Crippen LogP contribution in [0.3, 0.4) is 0 Å². The summed E-state index contributed by atoms with van der Waals surface area (Å²) in [6.45, 7) is 2.01. The summed E-state index contributed by atoms with van der Waals surface area (Å²) in [5, 5.41) is 3.63. The first-order valence-corrected chi connectivity index (χ1v) is 6.25. The predicted octanol–water partition coefficient (Wildman–Crippen LogP) is 1.55. The summed E-state index contributed by atoms with van der Waals surface area (Å²) in [6, 6.07) is 9.78. The molecule has 1 saturated heterocycles. The first-order valence-electron chi connectivity index (χ1n) is 5.04. The molecule has 1 unspecified atom stereocenters. The van der Waals surface area contributed by atoms with Gasteiger partial charge in [-0.15, -0.1) is 0 Å². The molecule has 2 rings (SSSR count). The molecule has 1 atom stereocenters. The van der Waals surface area contributed by atoms with Crippen molar-refractivity contribution in [2.75, 3.05) is 13.1 Å². The van der Waals surface area contributed by atoms with Gasteiger partial charge in [-0.05, 0) is 36.4 Å². The fourth-order valence-electron chi connectivity index (χ4n) is 1.76. The molecular weight excluding hydrogens is 194 g/mol. The molecule has 1 aromatic carbocycles. The van der Waals surface area contributed by atoms with Gasteiger partial charge in [0.05, 0.1) is 0 Å². The van der Waals surface area contributed by atoms with Gasteiger partial charge >= 0.3 is 0 Å². The summed E-state index contributed by atoms with van der Waals surface area (Å²) >= 11 is -0.810. The van der Waals surface area contributed by atoms with E-state index in [4.69, 9.17) is 0 Å². The van der Waals surface area contributed by atoms with Gasteiger partial charge in [-0.3, -0.25) is 0 Å². The van der Waals surface area contributed by atoms with Gasteiger partial charge in [0.15, 0.2) is 4.90 Å². The van der Waals surface area contributed by atoms with Crippen LogP contribution < -0.4 is 5.32 Å². The van der Waals surface area contributed by atoms with Crippen molar-refractivity contribution in [3.8, 4) is 0 Å². The molecule has 1 aliphatic rings. The first kappa shape index (κ1) is 10.0. The molecule has 0 aromatic heterocycles. The van der Waals surface area contributed by atoms with E-state index in [1.165, 1.54) is 0 Å². The van der Waals surface area contributed by atoms with Gasteiger partial charge < -0.3 is 9.87 Å². The molecule has 3 heteroatoms. The van der Waals surface area contributed by atoms with Gasteiger partial charge in [0.1, 0.15) is 5.25 Å². The van der Waals surface area contributed by atoms with Gasteiger partial charge in [0.25, 0.3) is 0 Å². The molecule has 0 amide bonds. The number of benzene rings is 1. The lowest BCUT2D eigenvalue weighted by Gasteiger charge is -2.25. The number of nitrogens with one attached hydrogen (secondary N) is 1. The fraction of sp³-hybridized carbons (Fsp3) is 0.455. The highest BCUT2D eigenvalue weighted by Gasteiger charge is 2.26. The molecular formula is C11H15NOS. The van der Waals surface area contributed by atoms with Crippen LogP contribution in [-0.4, -0.2) is 22.9 Å². The lowest BCUT2D eigenvalue weighted by atomic mass is 10.2. The van der Waals surface area contributed by atoms with E-state index in [-0.39, 0.29) is 0 Å². The second kappa shape index (κ2) is 4.82. The molecule has 2 nitrogen and oxygen atoms in total. The van der Waals surface area contributed by atoms with Crippen LogP contribution >= 0.6 is 0 Å². The minimum atomic E-state index is -0.810. The Morgan fingerprint density at radius 3 is 2.43 bits per heavy atom. The zero-order valence-corrected chi connectivity index (χ0v) is 8.93. The lowest BCUT2D eigenvalue weighted by Crippen LogP contribution is -2.35. The predicted molar refractivity (Wildman–Crippen MR) is 58.7 cm³/mol. The van der Waals surface area contributed by atoms with Crippen molar-refractivity contribution in [1.29, 1.82) is 0 Å². The topological polar surface area (TPSA) is 35.1 Å². The summed E-state index contributed by atoms with van der Waals surface area (Å²) in [6.07, 6.45) is 2.06. The molecule has 0 aliphatic carbocycles. The summed E-state index contributed by atoms with van der Waals surface area (Å²) < 4.78 is 12.1. The highest BCUT2D eigenvalue weighted by molar-refractivity contribution is 7.92. The minimum Gasteiger partial charge on any atom is -0.611 e. The molecule has 1 heterocycles. The van der Waals surface area contributed by atoms with Crippen LogP contribution in [0.4, 0.5) is 0 Å². The summed E-state index contributed by atoms with van der Waals surface area (Å²) in [5.74, 6) is 0. The molecule has 0 radical (unpaired) electrons. The molecule has 14 heavy (non-hydrogen) atoms. The van der Waals surface area contributed by atoms with E-state index < -0.39 is 11.2 Å². The van der Waals surface area contributed by atoms with Gasteiger partial charge in [-0.2, -0.15) is 0 Å². The second-order valence-corrected chi connectivity index (χ2v) is 5.29. The average molecular weight is 209 g/mol. The van der Waals surface area contributed by atoms with E-state index >= 15 is 0 Å². The summed E-state index contributed by atoms with van der Waals surface area (Å²) in [4.78, 5) is 0.972. The SMILES string of the molecule is [O-][S+](c1ccccc1)C1CCNCC1. The Bertz CT molecular complexity index is 272. The third-order valence-electron chi connectivity index (χ3n) is 2.56. The van der Waals surface area contributed by atoms with Crippen LogP contribution in [0.1, 0.15) is 12.8 Å². The molecule has 1 fully saturated rings. The monoisotopic (exact) mass is 209 g/mol. The van der Waals surface area contributed by atoms with E-state index in [2.05, 4.69) is 5.32 Å². The van der Waals surface area contributed by atoms with E-state index in [1.807, 2.05) is 30.3 Å². The highest BCUT2D eigenvalue weighted by atomic mass is 32.2. The van der Waals surface area contributed by atoms with Crippen LogP contribution in [0.5, 0.6) is 0 Å². The number of rotatable bonds is 2. The Labute approximate surface area is 87.9 Å². The maximum absolute atomic E-state index is 12.1. The Kier molecular flexibility index (Phi) is 3.45. The Hall–Kier alpha value is -0.510. The standard InChI is InChI=1S/C11H15NOS/c13-14(10-4-2-1-3-5-10)11-6-8-12-9-7-11/h1-5,11-12H,6-9H2. The zero-order valence-electron chi connectivity index (χ0n) is 8.11. The fourth-order valence-corrected chi connectivity index (χ4v) is 3.23. The quantitative estimate of drug-likeness (QED) is 0.750. The third kappa shape index (κ3) is 2.29. The van der Waals surface area contributed by atoms with Crippen LogP contribution in [-0.2, 0) is 11.2 Å². The Morgan fingerprint density at radius 2 is 1.79 bits per heavy atom. The van der Waals surface area contributed by atoms with Crippen molar-refractivity contribution in [2.24, 2.45) is 0 Å². The largest absolute Gasteiger partial charge is 0.611 e. The van der Waals surface area contributed by atoms with Gasteiger partial charge in [-0.1, -0.05) is 18.2 Å². The van der Waals surface area contributed by atoms with Crippen molar-refractivity contribution in [3.63, 3.8) is 0 Å². The average Bonchev–Trinajstić information content (AvgIpc) is 2.30. The molecule has 1 aliphatic heterocycles. The zero-order chi connectivity index (χ0) is 9.80. The number of piperidine rings is 1. The molecule has 1 aromatic rings. The Morgan fingerprint density at radius 1 is 1.14 bits per heavy atom.